The van der Waals surface area contributed by atoms with E-state index in [0.717, 1.165) is 29.7 Å². The highest BCUT2D eigenvalue weighted by molar-refractivity contribution is 4.90. The summed E-state index contributed by atoms with van der Waals surface area (Å²) in [4.78, 5) is 0. The second kappa shape index (κ2) is 3.94. The van der Waals surface area contributed by atoms with E-state index in [1.165, 1.54) is 0 Å². The first-order valence-corrected chi connectivity index (χ1v) is 5.68. The first-order chi connectivity index (χ1) is 7.91. The number of hydrogen-bond donors (Lipinski definition) is 0. The Hall–Kier alpha value is -1.72. The van der Waals surface area contributed by atoms with E-state index in [1.54, 1.807) is 0 Å². The van der Waals surface area contributed by atoms with Crippen molar-refractivity contribution in [2.75, 3.05) is 0 Å². The molecule has 0 bridgehead atoms. The lowest BCUT2D eigenvalue weighted by atomic mass is 10.4. The van der Waals surface area contributed by atoms with Crippen LogP contribution in [0.3, 0.4) is 0 Å². The Bertz CT molecular complexity index is 513. The Balaban J connectivity index is 2.38. The van der Waals surface area contributed by atoms with Gasteiger partial charge in [0.25, 0.3) is 11.6 Å². The minimum Gasteiger partial charge on any atom is -0.235 e. The average Bonchev–Trinajstić information content (AvgIpc) is 2.66. The Morgan fingerprint density at radius 3 is 1.47 bits per heavy atom. The largest absolute Gasteiger partial charge is 0.288 e. The van der Waals surface area contributed by atoms with Gasteiger partial charge in [0.2, 0.25) is 11.6 Å². The standard InChI is InChI=1S/C11H20N6/c1-8-14(3)10(12-16(8)5)7-11-13-17(6)9(2)15(11)4/h7H2,1-6H3/q+2. The lowest BCUT2D eigenvalue weighted by Crippen LogP contribution is -2.39. The second-order valence-corrected chi connectivity index (χ2v) is 4.47. The van der Waals surface area contributed by atoms with Crippen molar-refractivity contribution in [2.45, 2.75) is 20.3 Å². The normalized spacial score (nSPS) is 11.2. The van der Waals surface area contributed by atoms with Gasteiger partial charge in [0, 0.05) is 24.0 Å². The predicted octanol–water partition coefficient (Wildman–Crippen LogP) is -0.990. The molecule has 0 N–H and O–H groups in total. The quantitative estimate of drug-likeness (QED) is 0.628. The molecule has 92 valence electrons. The van der Waals surface area contributed by atoms with E-state index in [-0.39, 0.29) is 0 Å². The van der Waals surface area contributed by atoms with Gasteiger partial charge in [0.1, 0.15) is 6.42 Å². The Kier molecular flexibility index (Phi) is 2.73. The molecule has 0 fully saturated rings. The first kappa shape index (κ1) is 11.8. The molecule has 2 rings (SSSR count). The van der Waals surface area contributed by atoms with Gasteiger partial charge in [-0.3, -0.25) is 0 Å². The van der Waals surface area contributed by atoms with Crippen molar-refractivity contribution in [1.29, 1.82) is 0 Å². The summed E-state index contributed by atoms with van der Waals surface area (Å²) in [6.07, 6.45) is 0.746. The molecule has 17 heavy (non-hydrogen) atoms. The van der Waals surface area contributed by atoms with Gasteiger partial charge in [-0.2, -0.15) is 0 Å². The lowest BCUT2D eigenvalue weighted by Gasteiger charge is -1.92. The SMILES string of the molecule is Cc1n(C)nc(Cc2nn(C)c(C)[n+]2C)[n+]1C. The molecule has 0 aromatic carbocycles. The molecule has 0 aliphatic rings. The van der Waals surface area contributed by atoms with Gasteiger partial charge in [-0.05, 0) is 0 Å². The number of aryl methyl sites for hydroxylation is 2. The van der Waals surface area contributed by atoms with Crippen molar-refractivity contribution < 1.29 is 9.13 Å². The highest BCUT2D eigenvalue weighted by atomic mass is 15.4. The van der Waals surface area contributed by atoms with Crippen LogP contribution >= 0.6 is 0 Å². The summed E-state index contributed by atoms with van der Waals surface area (Å²) in [5, 5.41) is 9.00. The van der Waals surface area contributed by atoms with Gasteiger partial charge in [0.05, 0.1) is 28.2 Å². The molecule has 0 aliphatic heterocycles. The maximum atomic E-state index is 4.50. The molecule has 6 nitrogen and oxygen atoms in total. The second-order valence-electron chi connectivity index (χ2n) is 4.47. The van der Waals surface area contributed by atoms with Crippen LogP contribution in [0.1, 0.15) is 23.3 Å². The number of rotatable bonds is 2. The average molecular weight is 236 g/mol. The van der Waals surface area contributed by atoms with E-state index in [0.29, 0.717) is 0 Å². The van der Waals surface area contributed by atoms with Crippen molar-refractivity contribution in [3.05, 3.63) is 23.3 Å². The molecule has 0 saturated heterocycles. The fourth-order valence-electron chi connectivity index (χ4n) is 1.88. The fourth-order valence-corrected chi connectivity index (χ4v) is 1.88. The summed E-state index contributed by atoms with van der Waals surface area (Å²) in [5.74, 6) is 4.32. The third-order valence-electron chi connectivity index (χ3n) is 3.53. The summed E-state index contributed by atoms with van der Waals surface area (Å²) < 4.78 is 7.99. The highest BCUT2D eigenvalue weighted by Crippen LogP contribution is 1.99. The van der Waals surface area contributed by atoms with Gasteiger partial charge < -0.3 is 0 Å². The van der Waals surface area contributed by atoms with Gasteiger partial charge in [0.15, 0.2) is 0 Å². The van der Waals surface area contributed by atoms with Crippen molar-refractivity contribution in [1.82, 2.24) is 19.6 Å². The lowest BCUT2D eigenvalue weighted by molar-refractivity contribution is -0.697. The van der Waals surface area contributed by atoms with E-state index in [1.807, 2.05) is 37.6 Å². The molecule has 0 unspecified atom stereocenters. The summed E-state index contributed by atoms with van der Waals surface area (Å²) in [7, 11) is 7.99. The molecule has 2 aromatic heterocycles. The van der Waals surface area contributed by atoms with Gasteiger partial charge in [-0.15, -0.1) is 9.36 Å². The summed E-state index contributed by atoms with van der Waals surface area (Å²) in [5.41, 5.74) is 0. The van der Waals surface area contributed by atoms with Crippen molar-refractivity contribution >= 4 is 0 Å². The van der Waals surface area contributed by atoms with E-state index < -0.39 is 0 Å². The predicted molar refractivity (Wildman–Crippen MR) is 61.0 cm³/mol. The number of hydrogen-bond acceptors (Lipinski definition) is 2. The number of aromatic nitrogens is 6. The highest BCUT2D eigenvalue weighted by Gasteiger charge is 2.25. The molecule has 0 spiro atoms. The number of nitrogens with zero attached hydrogens (tertiary/aromatic N) is 6. The van der Waals surface area contributed by atoms with E-state index in [4.69, 9.17) is 0 Å². The molecule has 0 atom stereocenters. The summed E-state index contributed by atoms with van der Waals surface area (Å²) in [6, 6.07) is 0. The minimum atomic E-state index is 0.746. The fraction of sp³-hybridized carbons (Fsp3) is 0.636. The third kappa shape index (κ3) is 1.83. The minimum absolute atomic E-state index is 0.746. The summed E-state index contributed by atoms with van der Waals surface area (Å²) >= 11 is 0. The zero-order valence-corrected chi connectivity index (χ0v) is 11.4. The monoisotopic (exact) mass is 236 g/mol. The third-order valence-corrected chi connectivity index (χ3v) is 3.53. The van der Waals surface area contributed by atoms with Crippen LogP contribution in [0.25, 0.3) is 0 Å². The zero-order chi connectivity index (χ0) is 12.7. The van der Waals surface area contributed by atoms with Crippen LogP contribution in [0.5, 0.6) is 0 Å². The van der Waals surface area contributed by atoms with Crippen molar-refractivity contribution in [2.24, 2.45) is 28.2 Å². The molecule has 0 radical (unpaired) electrons. The van der Waals surface area contributed by atoms with Gasteiger partial charge in [-0.25, -0.2) is 9.13 Å². The van der Waals surface area contributed by atoms with Crippen molar-refractivity contribution in [3.8, 4) is 0 Å². The Morgan fingerprint density at radius 1 is 0.882 bits per heavy atom. The maximum absolute atomic E-state index is 4.50. The van der Waals surface area contributed by atoms with Crippen molar-refractivity contribution in [3.63, 3.8) is 0 Å². The van der Waals surface area contributed by atoms with Crippen LogP contribution in [0.2, 0.25) is 0 Å². The van der Waals surface area contributed by atoms with Gasteiger partial charge >= 0.3 is 0 Å². The van der Waals surface area contributed by atoms with Gasteiger partial charge in [-0.1, -0.05) is 0 Å². The van der Waals surface area contributed by atoms with Crippen LogP contribution < -0.4 is 9.13 Å². The van der Waals surface area contributed by atoms with Crippen LogP contribution in [0.15, 0.2) is 0 Å². The molecule has 0 amide bonds. The molecular weight excluding hydrogens is 216 g/mol. The molecule has 2 heterocycles. The zero-order valence-electron chi connectivity index (χ0n) is 11.4. The Morgan fingerprint density at radius 2 is 1.24 bits per heavy atom. The molecular formula is C11H20N6+2. The maximum Gasteiger partial charge on any atom is 0.288 e. The Labute approximate surface area is 101 Å². The van der Waals surface area contributed by atoms with Crippen LogP contribution in [0.4, 0.5) is 0 Å². The molecule has 6 heteroatoms. The van der Waals surface area contributed by atoms with E-state index in [2.05, 4.69) is 33.2 Å². The first-order valence-electron chi connectivity index (χ1n) is 5.68. The van der Waals surface area contributed by atoms with E-state index >= 15 is 0 Å². The van der Waals surface area contributed by atoms with Crippen LogP contribution in [-0.4, -0.2) is 19.6 Å². The molecule has 2 aromatic rings. The molecule has 0 saturated carbocycles. The van der Waals surface area contributed by atoms with Crippen LogP contribution in [0, 0.1) is 13.8 Å². The topological polar surface area (TPSA) is 43.4 Å². The summed E-state index contributed by atoms with van der Waals surface area (Å²) in [6.45, 7) is 4.11. The smallest absolute Gasteiger partial charge is 0.235 e. The van der Waals surface area contributed by atoms with Crippen LogP contribution in [-0.2, 0) is 34.6 Å². The van der Waals surface area contributed by atoms with E-state index in [9.17, 15) is 0 Å². The molecule has 0 aliphatic carbocycles.